The molecule has 146 valence electrons. The Labute approximate surface area is 164 Å². The second-order valence-corrected chi connectivity index (χ2v) is 7.14. The van der Waals surface area contributed by atoms with Crippen LogP contribution in [0.4, 0.5) is 0 Å². The van der Waals surface area contributed by atoms with Crippen molar-refractivity contribution in [1.82, 2.24) is 5.32 Å². The van der Waals surface area contributed by atoms with Gasteiger partial charge in [-0.2, -0.15) is 5.26 Å². The van der Waals surface area contributed by atoms with Crippen molar-refractivity contribution in [3.05, 3.63) is 65.2 Å². The summed E-state index contributed by atoms with van der Waals surface area (Å²) in [5.74, 6) is -0.442. The number of hydrogen-bond donors (Lipinski definition) is 3. The van der Waals surface area contributed by atoms with Crippen LogP contribution in [-0.2, 0) is 6.42 Å². The van der Waals surface area contributed by atoms with Crippen molar-refractivity contribution in [1.29, 1.82) is 5.26 Å². The van der Waals surface area contributed by atoms with Crippen LogP contribution >= 0.6 is 0 Å². The normalized spacial score (nSPS) is 16.7. The highest BCUT2D eigenvalue weighted by molar-refractivity contribution is 5.87. The number of aromatic carboxylic acids is 1. The predicted molar refractivity (Wildman–Crippen MR) is 104 cm³/mol. The van der Waals surface area contributed by atoms with Crippen molar-refractivity contribution in [3.63, 3.8) is 0 Å². The molecule has 0 bridgehead atoms. The van der Waals surface area contributed by atoms with Gasteiger partial charge in [0, 0.05) is 0 Å². The summed E-state index contributed by atoms with van der Waals surface area (Å²) < 4.78 is 6.14. The number of carboxylic acid groups (broad SMARTS) is 1. The lowest BCUT2D eigenvalue weighted by molar-refractivity contribution is -0.0834. The summed E-state index contributed by atoms with van der Waals surface area (Å²) in [4.78, 5) is 11.0. The molecule has 1 fully saturated rings. The fourth-order valence-electron chi connectivity index (χ4n) is 3.50. The largest absolute Gasteiger partial charge is 0.487 e. The van der Waals surface area contributed by atoms with Gasteiger partial charge in [0.15, 0.2) is 0 Å². The molecule has 3 rings (SSSR count). The number of carboxylic acids is 1. The van der Waals surface area contributed by atoms with E-state index in [-0.39, 0.29) is 5.56 Å². The molecule has 1 saturated heterocycles. The Hall–Kier alpha value is -2.88. The molecule has 28 heavy (non-hydrogen) atoms. The Kier molecular flexibility index (Phi) is 6.30. The van der Waals surface area contributed by atoms with Gasteiger partial charge >= 0.3 is 5.97 Å². The summed E-state index contributed by atoms with van der Waals surface area (Å²) in [5.41, 5.74) is 0.948. The number of carbonyl (C=O) groups is 1. The molecule has 1 atom stereocenters. The number of rotatable bonds is 7. The highest BCUT2D eigenvalue weighted by Crippen LogP contribution is 2.29. The SMILES string of the molecule is N#Cc1ccc(CCC(Oc2ccc(C(=O)O)cc2)C2(O)CCNCC2)cc1. The van der Waals surface area contributed by atoms with Crippen molar-refractivity contribution in [2.45, 2.75) is 37.4 Å². The van der Waals surface area contributed by atoms with Crippen LogP contribution in [0, 0.1) is 11.3 Å². The molecule has 0 amide bonds. The summed E-state index contributed by atoms with van der Waals surface area (Å²) in [6.45, 7) is 1.45. The number of ether oxygens (including phenoxy) is 1. The number of nitriles is 1. The Morgan fingerprint density at radius 3 is 2.36 bits per heavy atom. The van der Waals surface area contributed by atoms with Crippen LogP contribution in [0.5, 0.6) is 5.75 Å². The zero-order valence-electron chi connectivity index (χ0n) is 15.6. The van der Waals surface area contributed by atoms with Crippen LogP contribution in [-0.4, -0.2) is 41.0 Å². The highest BCUT2D eigenvalue weighted by atomic mass is 16.5. The van der Waals surface area contributed by atoms with Crippen LogP contribution in [0.2, 0.25) is 0 Å². The maximum atomic E-state index is 11.2. The van der Waals surface area contributed by atoms with Crippen molar-refractivity contribution < 1.29 is 19.7 Å². The molecule has 0 saturated carbocycles. The standard InChI is InChI=1S/C22H24N2O4/c23-15-17-3-1-16(2-4-17)5-10-20(22(27)11-13-24-14-12-22)28-19-8-6-18(7-9-19)21(25)26/h1-4,6-9,20,24,27H,5,10-14H2,(H,25,26). The summed E-state index contributed by atoms with van der Waals surface area (Å²) in [6, 6.07) is 15.8. The third-order valence-corrected chi connectivity index (χ3v) is 5.23. The lowest BCUT2D eigenvalue weighted by Crippen LogP contribution is -2.52. The Bertz CT molecular complexity index is 834. The summed E-state index contributed by atoms with van der Waals surface area (Å²) in [6.07, 6.45) is 2.10. The van der Waals surface area contributed by atoms with Gasteiger partial charge in [-0.05, 0) is 80.7 Å². The Morgan fingerprint density at radius 1 is 1.14 bits per heavy atom. The van der Waals surface area contributed by atoms with Gasteiger partial charge in [-0.3, -0.25) is 0 Å². The molecule has 1 aliphatic heterocycles. The fraction of sp³-hybridized carbons (Fsp3) is 0.364. The topological polar surface area (TPSA) is 103 Å². The zero-order chi connectivity index (χ0) is 20.0. The zero-order valence-corrected chi connectivity index (χ0v) is 15.6. The number of nitrogens with zero attached hydrogens (tertiary/aromatic N) is 1. The number of hydrogen-bond acceptors (Lipinski definition) is 5. The van der Waals surface area contributed by atoms with Gasteiger partial charge in [0.25, 0.3) is 0 Å². The smallest absolute Gasteiger partial charge is 0.335 e. The second-order valence-electron chi connectivity index (χ2n) is 7.14. The first kappa shape index (κ1) is 19.9. The van der Waals surface area contributed by atoms with Gasteiger partial charge in [0.05, 0.1) is 17.2 Å². The lowest BCUT2D eigenvalue weighted by Gasteiger charge is -2.39. The monoisotopic (exact) mass is 380 g/mol. The number of aliphatic hydroxyl groups is 1. The average Bonchev–Trinajstić information content (AvgIpc) is 2.72. The molecule has 1 heterocycles. The molecule has 0 radical (unpaired) electrons. The lowest BCUT2D eigenvalue weighted by atomic mass is 9.84. The van der Waals surface area contributed by atoms with E-state index in [1.807, 2.05) is 12.1 Å². The van der Waals surface area contributed by atoms with E-state index >= 15 is 0 Å². The molecule has 3 N–H and O–H groups in total. The maximum Gasteiger partial charge on any atom is 0.335 e. The second kappa shape index (κ2) is 8.87. The van der Waals surface area contributed by atoms with Crippen molar-refractivity contribution in [2.24, 2.45) is 0 Å². The van der Waals surface area contributed by atoms with E-state index in [0.29, 0.717) is 37.0 Å². The first-order valence-corrected chi connectivity index (χ1v) is 9.42. The molecule has 0 spiro atoms. The van der Waals surface area contributed by atoms with E-state index in [0.717, 1.165) is 18.7 Å². The van der Waals surface area contributed by atoms with E-state index in [1.165, 1.54) is 12.1 Å². The summed E-state index contributed by atoms with van der Waals surface area (Å²) in [5, 5.41) is 32.4. The van der Waals surface area contributed by atoms with E-state index < -0.39 is 17.7 Å². The molecule has 1 aliphatic rings. The third-order valence-electron chi connectivity index (χ3n) is 5.23. The Morgan fingerprint density at radius 2 is 1.79 bits per heavy atom. The van der Waals surface area contributed by atoms with E-state index in [4.69, 9.17) is 15.1 Å². The van der Waals surface area contributed by atoms with Crippen molar-refractivity contribution >= 4 is 5.97 Å². The molecule has 2 aromatic rings. The molecule has 0 aliphatic carbocycles. The Balaban J connectivity index is 1.74. The first-order chi connectivity index (χ1) is 13.5. The number of piperidine rings is 1. The number of benzene rings is 2. The molecule has 6 nitrogen and oxygen atoms in total. The summed E-state index contributed by atoms with van der Waals surface area (Å²) >= 11 is 0. The average molecular weight is 380 g/mol. The van der Waals surface area contributed by atoms with Crippen LogP contribution in [0.1, 0.15) is 40.7 Å². The minimum absolute atomic E-state index is 0.196. The van der Waals surface area contributed by atoms with E-state index in [9.17, 15) is 9.90 Å². The van der Waals surface area contributed by atoms with Crippen molar-refractivity contribution in [3.8, 4) is 11.8 Å². The number of aryl methyl sites for hydroxylation is 1. The fourth-order valence-corrected chi connectivity index (χ4v) is 3.50. The molecular weight excluding hydrogens is 356 g/mol. The minimum Gasteiger partial charge on any atom is -0.487 e. The van der Waals surface area contributed by atoms with Gasteiger partial charge in [-0.1, -0.05) is 12.1 Å². The molecule has 6 heteroatoms. The van der Waals surface area contributed by atoms with Gasteiger partial charge in [0.2, 0.25) is 0 Å². The molecule has 1 unspecified atom stereocenters. The quantitative estimate of drug-likeness (QED) is 0.683. The summed E-state index contributed by atoms with van der Waals surface area (Å²) in [7, 11) is 0. The van der Waals surface area contributed by atoms with E-state index in [2.05, 4.69) is 11.4 Å². The molecule has 2 aromatic carbocycles. The molecular formula is C22H24N2O4. The first-order valence-electron chi connectivity index (χ1n) is 9.42. The molecule has 0 aromatic heterocycles. The van der Waals surface area contributed by atoms with Crippen LogP contribution in [0.25, 0.3) is 0 Å². The van der Waals surface area contributed by atoms with Gasteiger partial charge in [-0.25, -0.2) is 4.79 Å². The van der Waals surface area contributed by atoms with Crippen molar-refractivity contribution in [2.75, 3.05) is 13.1 Å². The van der Waals surface area contributed by atoms with Crippen LogP contribution in [0.15, 0.2) is 48.5 Å². The third kappa shape index (κ3) is 4.89. The predicted octanol–water partition coefficient (Wildman–Crippen LogP) is 2.75. The van der Waals surface area contributed by atoms with Gasteiger partial charge < -0.3 is 20.3 Å². The van der Waals surface area contributed by atoms with E-state index in [1.54, 1.807) is 24.3 Å². The maximum absolute atomic E-state index is 11.2. The minimum atomic E-state index is -0.985. The van der Waals surface area contributed by atoms with Crippen LogP contribution < -0.4 is 10.1 Å². The highest BCUT2D eigenvalue weighted by Gasteiger charge is 2.39. The number of nitrogens with one attached hydrogen (secondary N) is 1. The van der Waals surface area contributed by atoms with Crippen LogP contribution in [0.3, 0.4) is 0 Å². The van der Waals surface area contributed by atoms with Gasteiger partial charge in [-0.15, -0.1) is 0 Å². The van der Waals surface area contributed by atoms with Gasteiger partial charge in [0.1, 0.15) is 17.5 Å².